The number of nitrogens with zero attached hydrogens (tertiary/aromatic N) is 1. The summed E-state index contributed by atoms with van der Waals surface area (Å²) < 4.78 is 11.4. The number of fused-ring (bicyclic) bond motifs is 2. The molecule has 0 bridgehead atoms. The smallest absolute Gasteiger partial charge is 0.255 e. The molecule has 21 heavy (non-hydrogen) atoms. The molecule has 0 fully saturated rings. The van der Waals surface area contributed by atoms with Crippen molar-refractivity contribution in [1.29, 1.82) is 0 Å². The van der Waals surface area contributed by atoms with Crippen LogP contribution in [0.25, 0.3) is 21.9 Å². The van der Waals surface area contributed by atoms with Gasteiger partial charge in [-0.05, 0) is 36.0 Å². The summed E-state index contributed by atoms with van der Waals surface area (Å²) in [6, 6.07) is 3.83. The molecule has 0 unspecified atom stereocenters. The fourth-order valence-electron chi connectivity index (χ4n) is 2.77. The molecule has 0 aliphatic carbocycles. The maximum atomic E-state index is 8.94. The fraction of sp³-hybridized carbons (Fsp3) is 0.353. The quantitative estimate of drug-likeness (QED) is 0.492. The lowest BCUT2D eigenvalue weighted by molar-refractivity contribution is 0.276. The van der Waals surface area contributed by atoms with Crippen LogP contribution in [0.5, 0.6) is 0 Å². The Morgan fingerprint density at radius 3 is 2.38 bits per heavy atom. The van der Waals surface area contributed by atoms with Crippen molar-refractivity contribution in [3.8, 4) is 0 Å². The average Bonchev–Trinajstić information content (AvgIpc) is 2.84. The Balaban J connectivity index is 2.51. The van der Waals surface area contributed by atoms with E-state index in [1.807, 2.05) is 20.1 Å². The van der Waals surface area contributed by atoms with Gasteiger partial charge >= 0.3 is 0 Å². The first-order valence-corrected chi connectivity index (χ1v) is 6.97. The third-order valence-electron chi connectivity index (χ3n) is 3.92. The van der Waals surface area contributed by atoms with Gasteiger partial charge in [0.25, 0.3) is 5.55 Å². The molecule has 1 N–H and O–H groups in total. The molecule has 0 aliphatic rings. The first-order chi connectivity index (χ1) is 9.82. The Morgan fingerprint density at radius 1 is 1.05 bits per heavy atom. The maximum Gasteiger partial charge on any atom is 0.255 e. The lowest BCUT2D eigenvalue weighted by atomic mass is 9.86. The zero-order chi connectivity index (χ0) is 15.4. The third kappa shape index (κ3) is 2.02. The molecule has 0 radical (unpaired) electrons. The van der Waals surface area contributed by atoms with Gasteiger partial charge in [0, 0.05) is 28.0 Å². The zero-order valence-corrected chi connectivity index (χ0v) is 12.9. The second-order valence-electron chi connectivity index (χ2n) is 6.52. The van der Waals surface area contributed by atoms with E-state index in [1.165, 1.54) is 5.56 Å². The van der Waals surface area contributed by atoms with Gasteiger partial charge in [0.1, 0.15) is 11.2 Å². The molecule has 0 aliphatic heterocycles. The van der Waals surface area contributed by atoms with Crippen LogP contribution in [-0.2, 0) is 5.41 Å². The van der Waals surface area contributed by atoms with Crippen LogP contribution in [0.2, 0.25) is 0 Å². The molecule has 4 heteroatoms. The summed E-state index contributed by atoms with van der Waals surface area (Å²) in [5, 5.41) is 14.2. The zero-order valence-electron chi connectivity index (χ0n) is 12.9. The van der Waals surface area contributed by atoms with Gasteiger partial charge in [0.15, 0.2) is 0 Å². The summed E-state index contributed by atoms with van der Waals surface area (Å²) in [6.45, 7) is 10.4. The van der Waals surface area contributed by atoms with Crippen molar-refractivity contribution < 1.29 is 14.0 Å². The van der Waals surface area contributed by atoms with Gasteiger partial charge in [-0.3, -0.25) is 0 Å². The van der Waals surface area contributed by atoms with E-state index in [-0.39, 0.29) is 11.0 Å². The van der Waals surface area contributed by atoms with E-state index in [4.69, 9.17) is 14.0 Å². The minimum absolute atomic E-state index is 0.0107. The SMILES string of the molecule is Cc1cc(=NO)oc2c(C)c3occ(C(C)(C)C)c3cc12. The second kappa shape index (κ2) is 4.38. The van der Waals surface area contributed by atoms with E-state index in [0.717, 1.165) is 27.5 Å². The number of rotatable bonds is 0. The van der Waals surface area contributed by atoms with Gasteiger partial charge < -0.3 is 14.0 Å². The fourth-order valence-corrected chi connectivity index (χ4v) is 2.77. The minimum Gasteiger partial charge on any atom is -0.464 e. The molecule has 1 aromatic carbocycles. The molecule has 0 saturated carbocycles. The molecule has 3 rings (SSSR count). The predicted octanol–water partition coefficient (Wildman–Crippen LogP) is 4.38. The molecule has 2 heterocycles. The van der Waals surface area contributed by atoms with E-state index >= 15 is 0 Å². The van der Waals surface area contributed by atoms with Crippen LogP contribution in [0.4, 0.5) is 0 Å². The van der Waals surface area contributed by atoms with Crippen LogP contribution >= 0.6 is 0 Å². The lowest BCUT2D eigenvalue weighted by Crippen LogP contribution is -2.10. The van der Waals surface area contributed by atoms with Crippen LogP contribution in [0.3, 0.4) is 0 Å². The molecule has 4 nitrogen and oxygen atoms in total. The molecule has 2 aromatic heterocycles. The molecular weight excluding hydrogens is 266 g/mol. The highest BCUT2D eigenvalue weighted by Crippen LogP contribution is 2.36. The number of furan rings is 1. The molecule has 110 valence electrons. The topological polar surface area (TPSA) is 58.9 Å². The highest BCUT2D eigenvalue weighted by atomic mass is 16.5. The Morgan fingerprint density at radius 2 is 1.76 bits per heavy atom. The number of aryl methyl sites for hydroxylation is 2. The summed E-state index contributed by atoms with van der Waals surface area (Å²) in [7, 11) is 0. The monoisotopic (exact) mass is 285 g/mol. The number of hydrogen-bond acceptors (Lipinski definition) is 4. The molecule has 3 aromatic rings. The van der Waals surface area contributed by atoms with Crippen molar-refractivity contribution in [2.75, 3.05) is 0 Å². The summed E-state index contributed by atoms with van der Waals surface area (Å²) >= 11 is 0. The Bertz CT molecular complexity index is 908. The van der Waals surface area contributed by atoms with Crippen molar-refractivity contribution in [1.82, 2.24) is 0 Å². The summed E-state index contributed by atoms with van der Waals surface area (Å²) in [4.78, 5) is 0. The van der Waals surface area contributed by atoms with Crippen LogP contribution in [0.15, 0.2) is 32.4 Å². The van der Waals surface area contributed by atoms with Gasteiger partial charge in [0.05, 0.1) is 6.26 Å². The summed E-state index contributed by atoms with van der Waals surface area (Å²) in [5.74, 6) is 0. The Hall–Kier alpha value is -2.23. The maximum absolute atomic E-state index is 8.94. The van der Waals surface area contributed by atoms with E-state index in [2.05, 4.69) is 32.0 Å². The Labute approximate surface area is 122 Å². The lowest BCUT2D eigenvalue weighted by Gasteiger charge is -2.17. The standard InChI is InChI=1S/C17H19NO3/c1-9-6-14(18-19)21-16-10(2)15-12(7-11(9)16)13(8-20-15)17(3,4)5/h6-8,19H,1-5H3. The summed E-state index contributed by atoms with van der Waals surface area (Å²) in [5.41, 5.74) is 4.84. The van der Waals surface area contributed by atoms with E-state index < -0.39 is 0 Å². The first-order valence-electron chi connectivity index (χ1n) is 6.97. The van der Waals surface area contributed by atoms with Crippen LogP contribution in [-0.4, -0.2) is 5.21 Å². The van der Waals surface area contributed by atoms with Crippen LogP contribution < -0.4 is 5.55 Å². The Kier molecular flexibility index (Phi) is 2.87. The second-order valence-corrected chi connectivity index (χ2v) is 6.52. The first kappa shape index (κ1) is 13.7. The van der Waals surface area contributed by atoms with E-state index in [0.29, 0.717) is 5.58 Å². The highest BCUT2D eigenvalue weighted by Gasteiger charge is 2.22. The predicted molar refractivity (Wildman–Crippen MR) is 81.5 cm³/mol. The third-order valence-corrected chi connectivity index (χ3v) is 3.92. The van der Waals surface area contributed by atoms with Gasteiger partial charge in [-0.15, -0.1) is 0 Å². The van der Waals surface area contributed by atoms with E-state index in [1.54, 1.807) is 6.07 Å². The highest BCUT2D eigenvalue weighted by molar-refractivity contribution is 5.99. The van der Waals surface area contributed by atoms with Crippen LogP contribution in [0, 0.1) is 13.8 Å². The molecule has 0 saturated heterocycles. The van der Waals surface area contributed by atoms with Gasteiger partial charge in [-0.1, -0.05) is 20.8 Å². The van der Waals surface area contributed by atoms with Gasteiger partial charge in [-0.25, -0.2) is 0 Å². The average molecular weight is 285 g/mol. The van der Waals surface area contributed by atoms with Crippen LogP contribution in [0.1, 0.15) is 37.5 Å². The molecule has 0 spiro atoms. The number of benzene rings is 1. The largest absolute Gasteiger partial charge is 0.464 e. The van der Waals surface area contributed by atoms with Crippen molar-refractivity contribution in [3.63, 3.8) is 0 Å². The molecule has 0 atom stereocenters. The summed E-state index contributed by atoms with van der Waals surface area (Å²) in [6.07, 6.45) is 1.82. The van der Waals surface area contributed by atoms with Crippen molar-refractivity contribution >= 4 is 21.9 Å². The normalized spacial score (nSPS) is 13.5. The number of hydrogen-bond donors (Lipinski definition) is 1. The van der Waals surface area contributed by atoms with Crippen molar-refractivity contribution in [2.45, 2.75) is 40.0 Å². The molecular formula is C17H19NO3. The molecule has 0 amide bonds. The van der Waals surface area contributed by atoms with Crippen molar-refractivity contribution in [3.05, 3.63) is 40.6 Å². The minimum atomic E-state index is 0.0107. The van der Waals surface area contributed by atoms with Gasteiger partial charge in [-0.2, -0.15) is 0 Å². The van der Waals surface area contributed by atoms with Crippen molar-refractivity contribution in [2.24, 2.45) is 5.16 Å². The van der Waals surface area contributed by atoms with E-state index in [9.17, 15) is 0 Å². The van der Waals surface area contributed by atoms with Gasteiger partial charge in [0.2, 0.25) is 0 Å².